The van der Waals surface area contributed by atoms with Crippen LogP contribution in [0.25, 0.3) is 0 Å². The van der Waals surface area contributed by atoms with Crippen molar-refractivity contribution in [2.45, 2.75) is 78.2 Å². The van der Waals surface area contributed by atoms with Gasteiger partial charge in [0, 0.05) is 16.7 Å². The average molecular weight is 567 g/mol. The van der Waals surface area contributed by atoms with Crippen LogP contribution < -0.4 is 15.5 Å². The molecule has 2 amide bonds. The van der Waals surface area contributed by atoms with E-state index in [4.69, 9.17) is 21.1 Å². The number of piperidine rings is 1. The lowest BCUT2D eigenvalue weighted by atomic mass is 10.0. The number of hydrogen-bond donors (Lipinski definition) is 2. The van der Waals surface area contributed by atoms with E-state index in [1.54, 1.807) is 0 Å². The molecule has 2 atom stereocenters. The monoisotopic (exact) mass is 566 g/mol. The first kappa shape index (κ1) is 25.8. The average Bonchev–Trinajstić information content (AvgIpc) is 2.55. The van der Waals surface area contributed by atoms with Gasteiger partial charge in [-0.1, -0.05) is 11.6 Å². The summed E-state index contributed by atoms with van der Waals surface area (Å²) in [5.41, 5.74) is -0.475. The number of amides is 2. The maximum absolute atomic E-state index is 12.3. The third-order valence-electron chi connectivity index (χ3n) is 4.28. The summed E-state index contributed by atoms with van der Waals surface area (Å²) in [5.74, 6) is 0.734. The molecule has 2 heterocycles. The van der Waals surface area contributed by atoms with Gasteiger partial charge >= 0.3 is 12.2 Å². The molecule has 1 fully saturated rings. The van der Waals surface area contributed by atoms with Gasteiger partial charge < -0.3 is 25.0 Å². The smallest absolute Gasteiger partial charge is 0.407 e. The molecule has 0 spiro atoms. The van der Waals surface area contributed by atoms with Crippen LogP contribution in [0.4, 0.5) is 15.4 Å². The van der Waals surface area contributed by atoms with Crippen LogP contribution in [0.5, 0.6) is 0 Å². The fourth-order valence-electron chi connectivity index (χ4n) is 3.21. The summed E-state index contributed by atoms with van der Waals surface area (Å²) in [4.78, 5) is 31.3. The highest BCUT2D eigenvalue weighted by molar-refractivity contribution is 14.1. The van der Waals surface area contributed by atoms with E-state index < -0.39 is 23.4 Å². The Morgan fingerprint density at radius 1 is 1.06 bits per heavy atom. The second kappa shape index (κ2) is 9.97. The van der Waals surface area contributed by atoms with E-state index in [2.05, 4.69) is 38.2 Å². The second-order valence-corrected chi connectivity index (χ2v) is 11.2. The number of halogens is 2. The molecule has 0 aromatic carbocycles. The lowest BCUT2D eigenvalue weighted by Gasteiger charge is -2.39. The van der Waals surface area contributed by atoms with Crippen molar-refractivity contribution in [3.05, 3.63) is 20.4 Å². The van der Waals surface area contributed by atoms with Crippen molar-refractivity contribution in [3.63, 3.8) is 0 Å². The molecule has 1 aliphatic rings. The number of nitrogens with zero attached hydrogens (tertiary/aromatic N) is 2. The molecular formula is C21H32ClIN4O4. The summed E-state index contributed by atoms with van der Waals surface area (Å²) in [6.07, 6.45) is -0.450. The van der Waals surface area contributed by atoms with E-state index in [0.29, 0.717) is 24.5 Å². The van der Waals surface area contributed by atoms with Crippen LogP contribution in [0.1, 0.15) is 53.7 Å². The topological polar surface area (TPSA) is 92.8 Å². The highest BCUT2D eigenvalue weighted by Crippen LogP contribution is 2.27. The van der Waals surface area contributed by atoms with Gasteiger partial charge in [0.2, 0.25) is 0 Å². The van der Waals surface area contributed by atoms with Gasteiger partial charge in [-0.3, -0.25) is 0 Å². The first-order valence-electron chi connectivity index (χ1n) is 10.2. The molecule has 0 bridgehead atoms. The quantitative estimate of drug-likeness (QED) is 0.518. The first-order chi connectivity index (χ1) is 14.1. The number of ether oxygens (including phenoxy) is 2. The summed E-state index contributed by atoms with van der Waals surface area (Å²) in [7, 11) is 0. The maximum Gasteiger partial charge on any atom is 0.407 e. The number of carbonyl (C=O) groups excluding carboxylic acids is 2. The van der Waals surface area contributed by atoms with Crippen molar-refractivity contribution < 1.29 is 19.1 Å². The number of aryl methyl sites for hydroxylation is 1. The van der Waals surface area contributed by atoms with Crippen LogP contribution in [-0.2, 0) is 9.47 Å². The Kier molecular flexibility index (Phi) is 8.29. The molecule has 0 saturated carbocycles. The first-order valence-corrected chi connectivity index (χ1v) is 11.7. The number of pyridine rings is 1. The molecule has 10 heteroatoms. The van der Waals surface area contributed by atoms with Crippen molar-refractivity contribution in [1.82, 2.24) is 15.6 Å². The normalized spacial score (nSPS) is 19.6. The van der Waals surface area contributed by atoms with Crippen LogP contribution in [-0.4, -0.2) is 53.5 Å². The van der Waals surface area contributed by atoms with Gasteiger partial charge in [-0.2, -0.15) is 0 Å². The standard InChI is InChI=1S/C21H32ClIN4O4/c1-12-17(22)15(23)9-16(24-12)27-10-13(25-18(28)30-20(2,3)4)8-14(11-27)26-19(29)31-21(5,6)7/h9,13-14H,8,10-11H2,1-7H3,(H,25,28)(H,26,29). The Hall–Kier alpha value is -1.49. The summed E-state index contributed by atoms with van der Waals surface area (Å²) in [6, 6.07) is 1.40. The molecule has 2 N–H and O–H groups in total. The molecular weight excluding hydrogens is 535 g/mol. The van der Waals surface area contributed by atoms with Gasteiger partial charge in [0.05, 0.1) is 22.8 Å². The molecule has 1 saturated heterocycles. The lowest BCUT2D eigenvalue weighted by Crippen LogP contribution is -2.58. The van der Waals surface area contributed by atoms with Gasteiger partial charge in [0.1, 0.15) is 17.0 Å². The maximum atomic E-state index is 12.3. The Labute approximate surface area is 202 Å². The van der Waals surface area contributed by atoms with Crippen LogP contribution in [0.15, 0.2) is 6.07 Å². The van der Waals surface area contributed by atoms with Crippen molar-refractivity contribution in [1.29, 1.82) is 0 Å². The number of rotatable bonds is 3. The van der Waals surface area contributed by atoms with Gasteiger partial charge in [-0.25, -0.2) is 14.6 Å². The van der Waals surface area contributed by atoms with Crippen LogP contribution in [0.2, 0.25) is 5.02 Å². The number of aromatic nitrogens is 1. The molecule has 1 aliphatic heterocycles. The number of hydrogen-bond acceptors (Lipinski definition) is 6. The van der Waals surface area contributed by atoms with E-state index in [9.17, 15) is 9.59 Å². The van der Waals surface area contributed by atoms with Crippen LogP contribution in [0.3, 0.4) is 0 Å². The fourth-order valence-corrected chi connectivity index (χ4v) is 3.97. The predicted molar refractivity (Wildman–Crippen MR) is 130 cm³/mol. The Balaban J connectivity index is 2.20. The number of nitrogens with one attached hydrogen (secondary N) is 2. The molecule has 0 aliphatic carbocycles. The number of alkyl carbamates (subject to hydrolysis) is 2. The second-order valence-electron chi connectivity index (χ2n) is 9.69. The van der Waals surface area contributed by atoms with Crippen molar-refractivity contribution >= 4 is 52.2 Å². The molecule has 2 unspecified atom stereocenters. The minimum absolute atomic E-state index is 0.251. The number of anilines is 1. The number of carbonyl (C=O) groups is 2. The highest BCUT2D eigenvalue weighted by atomic mass is 127. The van der Waals surface area contributed by atoms with Gasteiger partial charge in [-0.15, -0.1) is 0 Å². The molecule has 31 heavy (non-hydrogen) atoms. The highest BCUT2D eigenvalue weighted by Gasteiger charge is 2.32. The van der Waals surface area contributed by atoms with E-state index in [-0.39, 0.29) is 12.1 Å². The Morgan fingerprint density at radius 3 is 1.90 bits per heavy atom. The Morgan fingerprint density at radius 2 is 1.52 bits per heavy atom. The minimum atomic E-state index is -0.600. The third-order valence-corrected chi connectivity index (χ3v) is 5.93. The zero-order valence-electron chi connectivity index (χ0n) is 19.1. The minimum Gasteiger partial charge on any atom is -0.444 e. The van der Waals surface area contributed by atoms with E-state index in [0.717, 1.165) is 15.1 Å². The van der Waals surface area contributed by atoms with Crippen LogP contribution in [0, 0.1) is 10.5 Å². The zero-order valence-corrected chi connectivity index (χ0v) is 22.1. The molecule has 8 nitrogen and oxygen atoms in total. The van der Waals surface area contributed by atoms with E-state index >= 15 is 0 Å². The predicted octanol–water partition coefficient (Wildman–Crippen LogP) is 4.64. The summed E-state index contributed by atoms with van der Waals surface area (Å²) >= 11 is 8.44. The molecule has 1 aromatic rings. The molecule has 2 rings (SSSR count). The van der Waals surface area contributed by atoms with Crippen LogP contribution >= 0.6 is 34.2 Å². The SMILES string of the molecule is Cc1nc(N2CC(NC(=O)OC(C)(C)C)CC(NC(=O)OC(C)(C)C)C2)cc(I)c1Cl. The molecule has 0 radical (unpaired) electrons. The van der Waals surface area contributed by atoms with Gasteiger partial charge in [0.25, 0.3) is 0 Å². The summed E-state index contributed by atoms with van der Waals surface area (Å²) in [6.45, 7) is 13.8. The van der Waals surface area contributed by atoms with Crippen molar-refractivity contribution in [2.24, 2.45) is 0 Å². The summed E-state index contributed by atoms with van der Waals surface area (Å²) in [5, 5.41) is 6.45. The van der Waals surface area contributed by atoms with E-state index in [1.165, 1.54) is 0 Å². The summed E-state index contributed by atoms with van der Waals surface area (Å²) < 4.78 is 11.7. The largest absolute Gasteiger partial charge is 0.444 e. The lowest BCUT2D eigenvalue weighted by molar-refractivity contribution is 0.0476. The van der Waals surface area contributed by atoms with E-state index in [1.807, 2.05) is 59.4 Å². The molecule has 1 aromatic heterocycles. The van der Waals surface area contributed by atoms with Gasteiger partial charge in [-0.05, 0) is 83.5 Å². The van der Waals surface area contributed by atoms with Crippen molar-refractivity contribution in [3.8, 4) is 0 Å². The zero-order chi connectivity index (χ0) is 23.6. The van der Waals surface area contributed by atoms with Crippen molar-refractivity contribution in [2.75, 3.05) is 18.0 Å². The molecule has 174 valence electrons. The third kappa shape index (κ3) is 8.51. The van der Waals surface area contributed by atoms with Gasteiger partial charge in [0.15, 0.2) is 0 Å². The Bertz CT molecular complexity index is 762. The fraction of sp³-hybridized carbons (Fsp3) is 0.667.